The molecule has 0 aliphatic carbocycles. The first-order valence-corrected chi connectivity index (χ1v) is 14.9. The number of fused-ring (bicyclic) bond motifs is 1. The number of ether oxygens (including phenoxy) is 1. The average Bonchev–Trinajstić information content (AvgIpc) is 3.25. The van der Waals surface area contributed by atoms with E-state index in [0.29, 0.717) is 39.8 Å². The Hall–Kier alpha value is -3.39. The van der Waals surface area contributed by atoms with Crippen LogP contribution in [0.3, 0.4) is 0 Å². The molecule has 41 heavy (non-hydrogen) atoms. The zero-order valence-corrected chi connectivity index (χ0v) is 26.1. The summed E-state index contributed by atoms with van der Waals surface area (Å²) in [5.74, 6) is 1.41. The van der Waals surface area contributed by atoms with E-state index in [9.17, 15) is 4.79 Å². The first-order valence-electron chi connectivity index (χ1n) is 13.4. The first-order chi connectivity index (χ1) is 19.7. The van der Waals surface area contributed by atoms with Gasteiger partial charge in [-0.15, -0.1) is 0 Å². The number of halogens is 3. The summed E-state index contributed by atoms with van der Waals surface area (Å²) in [5.41, 5.74) is 5.42. The molecule has 0 N–H and O–H groups in total. The highest BCUT2D eigenvalue weighted by molar-refractivity contribution is 9.10. The van der Waals surface area contributed by atoms with Crippen molar-refractivity contribution in [2.75, 3.05) is 0 Å². The van der Waals surface area contributed by atoms with Crippen molar-refractivity contribution in [1.82, 2.24) is 14.2 Å². The van der Waals surface area contributed by atoms with Crippen LogP contribution in [-0.4, -0.2) is 20.4 Å². The predicted molar refractivity (Wildman–Crippen MR) is 171 cm³/mol. The van der Waals surface area contributed by atoms with Crippen molar-refractivity contribution < 1.29 is 4.74 Å². The highest BCUT2D eigenvalue weighted by atomic mass is 79.9. The minimum Gasteiger partial charge on any atom is -0.489 e. The molecule has 0 aliphatic heterocycles. The minimum atomic E-state index is -0.177. The second-order valence-electron chi connectivity index (χ2n) is 9.85. The maximum absolute atomic E-state index is 13.4. The van der Waals surface area contributed by atoms with Crippen molar-refractivity contribution in [3.63, 3.8) is 0 Å². The van der Waals surface area contributed by atoms with Crippen LogP contribution in [0, 0.1) is 13.8 Å². The number of unbranched alkanes of at least 4 members (excludes halogenated alkanes) is 1. The van der Waals surface area contributed by atoms with Crippen LogP contribution in [0.25, 0.3) is 16.6 Å². The third-order valence-electron chi connectivity index (χ3n) is 6.90. The molecular formula is C32H29BrCl2N4O2. The third-order valence-corrected chi connectivity index (χ3v) is 8.13. The standard InChI is InChI=1S/C32H29BrCl2N4O2/c1-4-5-6-31-37-30-14-8-24(33)17-27(30)32(40)39(31)36-18-23-15-20(2)38(21(23)3)25-9-11-26(12-10-25)41-19-22-7-13-28(34)29(35)16-22/h7-18H,4-6,19H2,1-3H3. The van der Waals surface area contributed by atoms with E-state index in [2.05, 4.69) is 38.6 Å². The van der Waals surface area contributed by atoms with Gasteiger partial charge in [0.2, 0.25) is 0 Å². The molecule has 0 saturated carbocycles. The fourth-order valence-corrected chi connectivity index (χ4v) is 5.42. The second-order valence-corrected chi connectivity index (χ2v) is 11.6. The Balaban J connectivity index is 1.40. The summed E-state index contributed by atoms with van der Waals surface area (Å²) in [6.45, 7) is 6.60. The molecule has 3 aromatic carbocycles. The second kappa shape index (κ2) is 12.6. The molecule has 6 nitrogen and oxygen atoms in total. The van der Waals surface area contributed by atoms with E-state index in [1.54, 1.807) is 18.3 Å². The van der Waals surface area contributed by atoms with Crippen molar-refractivity contribution in [1.29, 1.82) is 0 Å². The molecule has 0 unspecified atom stereocenters. The molecule has 0 atom stereocenters. The zero-order chi connectivity index (χ0) is 29.1. The molecule has 5 aromatic rings. The van der Waals surface area contributed by atoms with Crippen molar-refractivity contribution >= 4 is 56.2 Å². The lowest BCUT2D eigenvalue weighted by molar-refractivity contribution is 0.306. The van der Waals surface area contributed by atoms with Crippen LogP contribution in [0.5, 0.6) is 5.75 Å². The maximum Gasteiger partial charge on any atom is 0.282 e. The van der Waals surface area contributed by atoms with Gasteiger partial charge in [0.1, 0.15) is 18.2 Å². The molecule has 0 spiro atoms. The Labute approximate surface area is 257 Å². The molecule has 210 valence electrons. The predicted octanol–water partition coefficient (Wildman–Crippen LogP) is 8.68. The zero-order valence-electron chi connectivity index (χ0n) is 23.0. The van der Waals surface area contributed by atoms with Crippen molar-refractivity contribution in [3.8, 4) is 11.4 Å². The van der Waals surface area contributed by atoms with Crippen LogP contribution in [0.15, 0.2) is 81.1 Å². The number of aromatic nitrogens is 3. The summed E-state index contributed by atoms with van der Waals surface area (Å²) in [6, 6.07) is 21.0. The van der Waals surface area contributed by atoms with Gasteiger partial charge in [0.15, 0.2) is 0 Å². The van der Waals surface area contributed by atoms with Gasteiger partial charge in [-0.3, -0.25) is 4.79 Å². The first kappa shape index (κ1) is 29.1. The summed E-state index contributed by atoms with van der Waals surface area (Å²) in [4.78, 5) is 18.2. The molecule has 0 aliphatic rings. The summed E-state index contributed by atoms with van der Waals surface area (Å²) >= 11 is 15.6. The highest BCUT2D eigenvalue weighted by Crippen LogP contribution is 2.25. The molecule has 0 fully saturated rings. The smallest absolute Gasteiger partial charge is 0.282 e. The Morgan fingerprint density at radius 1 is 1.00 bits per heavy atom. The average molecular weight is 652 g/mol. The van der Waals surface area contributed by atoms with E-state index >= 15 is 0 Å². The number of rotatable bonds is 9. The summed E-state index contributed by atoms with van der Waals surface area (Å²) in [7, 11) is 0. The molecule has 9 heteroatoms. The van der Waals surface area contributed by atoms with Gasteiger partial charge < -0.3 is 9.30 Å². The Morgan fingerprint density at radius 3 is 2.51 bits per heavy atom. The topological polar surface area (TPSA) is 61.4 Å². The molecule has 0 saturated heterocycles. The normalized spacial score (nSPS) is 11.6. The minimum absolute atomic E-state index is 0.177. The van der Waals surface area contributed by atoms with Gasteiger partial charge in [0.05, 0.1) is 27.2 Å². The Kier molecular flexibility index (Phi) is 8.97. The fraction of sp³-hybridized carbons (Fsp3) is 0.219. The van der Waals surface area contributed by atoms with Crippen LogP contribution in [0.2, 0.25) is 10.0 Å². The van der Waals surface area contributed by atoms with Gasteiger partial charge in [-0.05, 0) is 86.5 Å². The van der Waals surface area contributed by atoms with Crippen LogP contribution >= 0.6 is 39.1 Å². The number of aryl methyl sites for hydroxylation is 2. The van der Waals surface area contributed by atoms with Crippen LogP contribution in [0.1, 0.15) is 48.1 Å². The van der Waals surface area contributed by atoms with Crippen molar-refractivity contribution in [3.05, 3.63) is 120 Å². The molecule has 0 bridgehead atoms. The number of nitrogens with zero attached hydrogens (tertiary/aromatic N) is 4. The van der Waals surface area contributed by atoms with Crippen molar-refractivity contribution in [2.24, 2.45) is 5.10 Å². The maximum atomic E-state index is 13.4. The Bertz CT molecular complexity index is 1810. The van der Waals surface area contributed by atoms with E-state index < -0.39 is 0 Å². The van der Waals surface area contributed by atoms with Gasteiger partial charge in [0, 0.05) is 33.5 Å². The molecule has 0 radical (unpaired) electrons. The molecule has 5 rings (SSSR count). The SMILES string of the molecule is CCCCc1nc2ccc(Br)cc2c(=O)n1N=Cc1cc(C)n(-c2ccc(OCc3ccc(Cl)c(Cl)c3)cc2)c1C. The summed E-state index contributed by atoms with van der Waals surface area (Å²) in [6.07, 6.45) is 4.34. The fourth-order valence-electron chi connectivity index (χ4n) is 4.73. The Morgan fingerprint density at radius 2 is 1.78 bits per heavy atom. The largest absolute Gasteiger partial charge is 0.489 e. The number of hydrogen-bond donors (Lipinski definition) is 0. The van der Waals surface area contributed by atoms with Gasteiger partial charge >= 0.3 is 0 Å². The van der Waals surface area contributed by atoms with Crippen LogP contribution in [-0.2, 0) is 13.0 Å². The van der Waals surface area contributed by atoms with E-state index in [1.165, 1.54) is 4.68 Å². The highest BCUT2D eigenvalue weighted by Gasteiger charge is 2.13. The monoisotopic (exact) mass is 650 g/mol. The van der Waals surface area contributed by atoms with Gasteiger partial charge in [-0.1, -0.05) is 58.5 Å². The summed E-state index contributed by atoms with van der Waals surface area (Å²) < 4.78 is 10.4. The van der Waals surface area contributed by atoms with E-state index in [0.717, 1.165) is 51.3 Å². The third kappa shape index (κ3) is 6.43. The van der Waals surface area contributed by atoms with Gasteiger partial charge in [0.25, 0.3) is 5.56 Å². The molecule has 2 heterocycles. The molecule has 0 amide bonds. The lowest BCUT2D eigenvalue weighted by atomic mass is 10.2. The van der Waals surface area contributed by atoms with Crippen LogP contribution in [0.4, 0.5) is 0 Å². The van der Waals surface area contributed by atoms with E-state index in [-0.39, 0.29) is 5.56 Å². The van der Waals surface area contributed by atoms with E-state index in [4.69, 9.17) is 32.9 Å². The number of benzene rings is 3. The lowest BCUT2D eigenvalue weighted by Crippen LogP contribution is -2.22. The van der Waals surface area contributed by atoms with Crippen LogP contribution < -0.4 is 10.3 Å². The molecular weight excluding hydrogens is 623 g/mol. The summed E-state index contributed by atoms with van der Waals surface area (Å²) in [5, 5.41) is 6.21. The van der Waals surface area contributed by atoms with E-state index in [1.807, 2.05) is 62.4 Å². The quantitative estimate of drug-likeness (QED) is 0.150. The van der Waals surface area contributed by atoms with Gasteiger partial charge in [-0.25, -0.2) is 4.98 Å². The van der Waals surface area contributed by atoms with Gasteiger partial charge in [-0.2, -0.15) is 9.78 Å². The molecule has 2 aromatic heterocycles. The lowest BCUT2D eigenvalue weighted by Gasteiger charge is -2.12. The van der Waals surface area contributed by atoms with Crippen molar-refractivity contribution in [2.45, 2.75) is 46.6 Å². The number of hydrogen-bond acceptors (Lipinski definition) is 4.